The maximum Gasteiger partial charge on any atom is 0.269 e. The molecule has 0 N–H and O–H groups in total. The Bertz CT molecular complexity index is 982. The predicted octanol–water partition coefficient (Wildman–Crippen LogP) is 5.83. The van der Waals surface area contributed by atoms with Gasteiger partial charge in [0.1, 0.15) is 11.5 Å². The summed E-state index contributed by atoms with van der Waals surface area (Å²) in [6.45, 7) is 7.23. The maximum atomic E-state index is 9.23. The second-order valence-electron chi connectivity index (χ2n) is 6.02. The van der Waals surface area contributed by atoms with Crippen LogP contribution in [0.4, 0.5) is 0 Å². The third-order valence-electron chi connectivity index (χ3n) is 4.10. The van der Waals surface area contributed by atoms with Crippen molar-refractivity contribution in [3.63, 3.8) is 0 Å². The number of nitrogens with zero attached hydrogens (tertiary/aromatic N) is 2. The quantitative estimate of drug-likeness (QED) is 0.503. The Balaban J connectivity index is 1.82. The molecule has 130 valence electrons. The number of hydrogen-bond donors (Lipinski definition) is 0. The van der Waals surface area contributed by atoms with Gasteiger partial charge < -0.3 is 4.74 Å². The first-order valence-corrected chi connectivity index (χ1v) is 8.67. The van der Waals surface area contributed by atoms with Crippen molar-refractivity contribution < 1.29 is 4.74 Å². The molecule has 0 spiro atoms. The Labute approximate surface area is 159 Å². The van der Waals surface area contributed by atoms with E-state index >= 15 is 0 Å². The summed E-state index contributed by atoms with van der Waals surface area (Å²) < 4.78 is 5.99. The summed E-state index contributed by atoms with van der Waals surface area (Å²) in [4.78, 5) is 3.34. The molecule has 0 unspecified atom stereocenters. The summed E-state index contributed by atoms with van der Waals surface area (Å²) in [5.74, 6) is 1.37. The lowest BCUT2D eigenvalue weighted by molar-refractivity contribution is 0.300. The van der Waals surface area contributed by atoms with E-state index in [1.54, 1.807) is 12.2 Å². The average molecular weight is 350 g/mol. The maximum absolute atomic E-state index is 9.23. The van der Waals surface area contributed by atoms with Gasteiger partial charge in [0.2, 0.25) is 0 Å². The van der Waals surface area contributed by atoms with E-state index in [4.69, 9.17) is 11.3 Å². The minimum atomic E-state index is 0.0705. The van der Waals surface area contributed by atoms with Gasteiger partial charge >= 0.3 is 0 Å². The SMILES string of the molecule is [C-]#[N+]/C(C#N)=C1C=C(/C=C/c2ccccc2)OC(CCc2ccccc2)=C\1. The lowest BCUT2D eigenvalue weighted by Crippen LogP contribution is -2.01. The second-order valence-corrected chi connectivity index (χ2v) is 6.02. The highest BCUT2D eigenvalue weighted by atomic mass is 16.5. The van der Waals surface area contributed by atoms with Gasteiger partial charge in [-0.1, -0.05) is 66.7 Å². The normalized spacial score (nSPS) is 15.2. The molecule has 0 aliphatic carbocycles. The Hall–Kier alpha value is -3.82. The van der Waals surface area contributed by atoms with Crippen molar-refractivity contribution in [1.82, 2.24) is 0 Å². The summed E-state index contributed by atoms with van der Waals surface area (Å²) in [5.41, 5.74) is 2.93. The zero-order valence-electron chi connectivity index (χ0n) is 14.8. The highest BCUT2D eigenvalue weighted by Crippen LogP contribution is 2.26. The zero-order valence-corrected chi connectivity index (χ0v) is 14.8. The topological polar surface area (TPSA) is 37.4 Å². The molecule has 1 aliphatic heterocycles. The van der Waals surface area contributed by atoms with Crippen LogP contribution in [0.1, 0.15) is 17.5 Å². The molecule has 0 fully saturated rings. The van der Waals surface area contributed by atoms with Crippen molar-refractivity contribution in [2.45, 2.75) is 12.8 Å². The highest BCUT2D eigenvalue weighted by molar-refractivity contribution is 5.55. The molecule has 1 heterocycles. The lowest BCUT2D eigenvalue weighted by Gasteiger charge is -2.17. The van der Waals surface area contributed by atoms with E-state index in [0.717, 1.165) is 17.7 Å². The Morgan fingerprint density at radius 2 is 1.67 bits per heavy atom. The Morgan fingerprint density at radius 1 is 0.963 bits per heavy atom. The predicted molar refractivity (Wildman–Crippen MR) is 107 cm³/mol. The van der Waals surface area contributed by atoms with Gasteiger partial charge in [0.15, 0.2) is 0 Å². The van der Waals surface area contributed by atoms with E-state index < -0.39 is 0 Å². The molecule has 0 bridgehead atoms. The van der Waals surface area contributed by atoms with Crippen LogP contribution in [0, 0.1) is 17.9 Å². The van der Waals surface area contributed by atoms with Crippen LogP contribution in [-0.2, 0) is 11.2 Å². The number of nitriles is 1. The molecule has 0 radical (unpaired) electrons. The van der Waals surface area contributed by atoms with Crippen LogP contribution < -0.4 is 0 Å². The summed E-state index contributed by atoms with van der Waals surface area (Å²) in [5, 5.41) is 9.23. The molecule has 1 aliphatic rings. The molecular formula is C24H18N2O. The molecular weight excluding hydrogens is 332 g/mol. The van der Waals surface area contributed by atoms with Crippen LogP contribution in [0.15, 0.2) is 102 Å². The number of allylic oxidation sites excluding steroid dienone is 6. The number of rotatable bonds is 5. The number of benzene rings is 2. The average Bonchev–Trinajstić information content (AvgIpc) is 2.73. The van der Waals surface area contributed by atoms with Crippen LogP contribution in [0.25, 0.3) is 10.9 Å². The fourth-order valence-electron chi connectivity index (χ4n) is 2.73. The summed E-state index contributed by atoms with van der Waals surface area (Å²) in [6.07, 6.45) is 8.87. The molecule has 0 amide bonds. The van der Waals surface area contributed by atoms with Gasteiger partial charge in [-0.15, -0.1) is 0 Å². The molecule has 0 saturated heterocycles. The molecule has 2 aromatic carbocycles. The van der Waals surface area contributed by atoms with Crippen LogP contribution >= 0.6 is 0 Å². The van der Waals surface area contributed by atoms with Gasteiger partial charge in [0.05, 0.1) is 12.6 Å². The van der Waals surface area contributed by atoms with Crippen molar-refractivity contribution in [1.29, 1.82) is 5.26 Å². The number of ether oxygens (including phenoxy) is 1. The first-order chi connectivity index (χ1) is 13.3. The van der Waals surface area contributed by atoms with Crippen molar-refractivity contribution in [3.05, 3.63) is 124 Å². The Kier molecular flexibility index (Phi) is 6.02. The van der Waals surface area contributed by atoms with Crippen LogP contribution in [-0.4, -0.2) is 0 Å². The molecule has 0 aromatic heterocycles. The zero-order chi connectivity index (χ0) is 18.9. The third-order valence-corrected chi connectivity index (χ3v) is 4.10. The first-order valence-electron chi connectivity index (χ1n) is 8.67. The smallest absolute Gasteiger partial charge is 0.269 e. The fourth-order valence-corrected chi connectivity index (χ4v) is 2.73. The lowest BCUT2D eigenvalue weighted by atomic mass is 10.0. The Morgan fingerprint density at radius 3 is 2.33 bits per heavy atom. The summed E-state index contributed by atoms with van der Waals surface area (Å²) >= 11 is 0. The monoisotopic (exact) mass is 350 g/mol. The number of aryl methyl sites for hydroxylation is 1. The third kappa shape index (κ3) is 5.08. The van der Waals surface area contributed by atoms with E-state index in [-0.39, 0.29) is 5.70 Å². The van der Waals surface area contributed by atoms with Gasteiger partial charge in [-0.25, -0.2) is 10.1 Å². The van der Waals surface area contributed by atoms with Crippen molar-refractivity contribution >= 4 is 6.08 Å². The van der Waals surface area contributed by atoms with E-state index in [1.165, 1.54) is 5.56 Å². The van der Waals surface area contributed by atoms with Crippen LogP contribution in [0.5, 0.6) is 0 Å². The van der Waals surface area contributed by atoms with Gasteiger partial charge in [0.25, 0.3) is 5.70 Å². The van der Waals surface area contributed by atoms with Gasteiger partial charge in [0, 0.05) is 6.42 Å². The minimum Gasteiger partial charge on any atom is -0.462 e. The van der Waals surface area contributed by atoms with E-state index in [1.807, 2.05) is 66.8 Å². The van der Waals surface area contributed by atoms with Crippen molar-refractivity contribution in [2.75, 3.05) is 0 Å². The van der Waals surface area contributed by atoms with Gasteiger partial charge in [-0.3, -0.25) is 0 Å². The molecule has 27 heavy (non-hydrogen) atoms. The van der Waals surface area contributed by atoms with E-state index in [2.05, 4.69) is 17.0 Å². The molecule has 3 nitrogen and oxygen atoms in total. The van der Waals surface area contributed by atoms with Crippen molar-refractivity contribution in [3.8, 4) is 6.07 Å². The van der Waals surface area contributed by atoms with E-state index in [9.17, 15) is 5.26 Å². The molecule has 0 saturated carbocycles. The van der Waals surface area contributed by atoms with Crippen molar-refractivity contribution in [2.24, 2.45) is 0 Å². The largest absolute Gasteiger partial charge is 0.462 e. The van der Waals surface area contributed by atoms with Gasteiger partial charge in [-0.2, -0.15) is 0 Å². The van der Waals surface area contributed by atoms with Gasteiger partial charge in [-0.05, 0) is 41.3 Å². The summed E-state index contributed by atoms with van der Waals surface area (Å²) in [7, 11) is 0. The first kappa shape index (κ1) is 18.0. The second kappa shape index (κ2) is 9.04. The molecule has 0 atom stereocenters. The standard InChI is InChI=1S/C24H18N2O/c1-26-24(18-25)21-16-22(14-12-19-8-4-2-5-9-19)27-23(17-21)15-13-20-10-6-3-7-11-20/h2-12,14,16-17H,13,15H2/b14-12+,24-21+. The molecule has 3 heteroatoms. The minimum absolute atomic E-state index is 0.0705. The van der Waals surface area contributed by atoms with Crippen LogP contribution in [0.3, 0.4) is 0 Å². The fraction of sp³-hybridized carbons (Fsp3) is 0.0833. The summed E-state index contributed by atoms with van der Waals surface area (Å²) in [6, 6.07) is 22.0. The molecule has 3 rings (SSSR count). The molecule has 2 aromatic rings. The number of hydrogen-bond acceptors (Lipinski definition) is 2. The van der Waals surface area contributed by atoms with E-state index in [0.29, 0.717) is 17.8 Å². The van der Waals surface area contributed by atoms with Crippen LogP contribution in [0.2, 0.25) is 0 Å². The highest BCUT2D eigenvalue weighted by Gasteiger charge is 2.13.